The Morgan fingerprint density at radius 2 is 1.66 bits per heavy atom. The molecule has 8 nitrogen and oxygen atoms in total. The smallest absolute Gasteiger partial charge is 0.262 e. The van der Waals surface area contributed by atoms with Gasteiger partial charge in [-0.2, -0.15) is 0 Å². The molecule has 0 saturated carbocycles. The van der Waals surface area contributed by atoms with Crippen molar-refractivity contribution in [1.29, 1.82) is 0 Å². The predicted molar refractivity (Wildman–Crippen MR) is 135 cm³/mol. The standard InChI is InChI=1S/C26H27N3O5S/c1-2-35(32,33)28-21-14-12-20(13-15-21)26(31)29-18-24(34-23-11-7-6-10-22(23)29)25(30)27-17-16-19-8-4-3-5-9-19/h3-15,24,28H,2,16-18H2,1H3,(H,27,30). The number of nitrogens with one attached hydrogen (secondary N) is 2. The van der Waals surface area contributed by atoms with E-state index in [-0.39, 0.29) is 24.1 Å². The van der Waals surface area contributed by atoms with Gasteiger partial charge in [-0.25, -0.2) is 8.42 Å². The molecule has 0 spiro atoms. The van der Waals surface area contributed by atoms with Crippen LogP contribution in [0.3, 0.4) is 0 Å². The Morgan fingerprint density at radius 1 is 0.971 bits per heavy atom. The first-order chi connectivity index (χ1) is 16.9. The summed E-state index contributed by atoms with van der Waals surface area (Å²) in [5.74, 6) is -0.208. The summed E-state index contributed by atoms with van der Waals surface area (Å²) in [7, 11) is -3.41. The Balaban J connectivity index is 1.47. The van der Waals surface area contributed by atoms with Crippen LogP contribution in [0.4, 0.5) is 11.4 Å². The van der Waals surface area contributed by atoms with E-state index in [1.807, 2.05) is 30.3 Å². The third kappa shape index (κ3) is 5.99. The molecule has 1 aliphatic rings. The van der Waals surface area contributed by atoms with Gasteiger partial charge in [-0.1, -0.05) is 42.5 Å². The minimum Gasteiger partial charge on any atom is -0.477 e. The van der Waals surface area contributed by atoms with Crippen molar-refractivity contribution in [2.24, 2.45) is 0 Å². The van der Waals surface area contributed by atoms with Crippen molar-refractivity contribution in [1.82, 2.24) is 5.32 Å². The molecule has 2 amide bonds. The third-order valence-electron chi connectivity index (χ3n) is 5.65. The lowest BCUT2D eigenvalue weighted by Gasteiger charge is -2.34. The number of hydrogen-bond acceptors (Lipinski definition) is 5. The van der Waals surface area contributed by atoms with Crippen molar-refractivity contribution >= 4 is 33.2 Å². The third-order valence-corrected chi connectivity index (χ3v) is 6.96. The molecule has 35 heavy (non-hydrogen) atoms. The molecule has 1 heterocycles. The average Bonchev–Trinajstić information content (AvgIpc) is 2.88. The molecule has 1 atom stereocenters. The summed E-state index contributed by atoms with van der Waals surface area (Å²) in [6.45, 7) is 2.05. The second-order valence-electron chi connectivity index (χ2n) is 8.10. The number of rotatable bonds is 8. The SMILES string of the molecule is CCS(=O)(=O)Nc1ccc(C(=O)N2CC(C(=O)NCCc3ccccc3)Oc3ccccc32)cc1. The fourth-order valence-corrected chi connectivity index (χ4v) is 4.38. The summed E-state index contributed by atoms with van der Waals surface area (Å²) in [5.41, 5.74) is 2.43. The molecule has 182 valence electrons. The first kappa shape index (κ1) is 24.3. The molecule has 3 aromatic rings. The van der Waals surface area contributed by atoms with Gasteiger partial charge in [-0.3, -0.25) is 14.3 Å². The number of benzene rings is 3. The number of anilines is 2. The number of hydrogen-bond donors (Lipinski definition) is 2. The zero-order chi connectivity index (χ0) is 24.8. The zero-order valence-electron chi connectivity index (χ0n) is 19.3. The van der Waals surface area contributed by atoms with Crippen molar-refractivity contribution in [3.63, 3.8) is 0 Å². The molecule has 0 bridgehead atoms. The largest absolute Gasteiger partial charge is 0.477 e. The molecule has 0 aromatic heterocycles. The number of fused-ring (bicyclic) bond motifs is 1. The van der Waals surface area contributed by atoms with Crippen LogP contribution in [-0.2, 0) is 21.2 Å². The van der Waals surface area contributed by atoms with Gasteiger partial charge in [0.05, 0.1) is 18.0 Å². The summed E-state index contributed by atoms with van der Waals surface area (Å²) in [6.07, 6.45) is -0.174. The quantitative estimate of drug-likeness (QED) is 0.501. The summed E-state index contributed by atoms with van der Waals surface area (Å²) < 4.78 is 32.0. The lowest BCUT2D eigenvalue weighted by Crippen LogP contribution is -2.51. The van der Waals surface area contributed by atoms with E-state index < -0.39 is 16.1 Å². The average molecular weight is 494 g/mol. The predicted octanol–water partition coefficient (Wildman–Crippen LogP) is 3.21. The van der Waals surface area contributed by atoms with E-state index in [4.69, 9.17) is 4.74 Å². The van der Waals surface area contributed by atoms with Crippen LogP contribution in [0.2, 0.25) is 0 Å². The zero-order valence-corrected chi connectivity index (χ0v) is 20.1. The molecule has 0 radical (unpaired) electrons. The highest BCUT2D eigenvalue weighted by Gasteiger charge is 2.34. The van der Waals surface area contributed by atoms with Gasteiger partial charge in [0.15, 0.2) is 6.10 Å². The van der Waals surface area contributed by atoms with Gasteiger partial charge in [0.2, 0.25) is 10.0 Å². The minimum absolute atomic E-state index is 0.0486. The number of carbonyl (C=O) groups is 2. The molecular weight excluding hydrogens is 466 g/mol. The Kier molecular flexibility index (Phi) is 7.36. The topological polar surface area (TPSA) is 105 Å². The van der Waals surface area contributed by atoms with Crippen LogP contribution < -0.4 is 19.7 Å². The number of carbonyl (C=O) groups excluding carboxylic acids is 2. The van der Waals surface area contributed by atoms with Gasteiger partial charge in [0.1, 0.15) is 5.75 Å². The van der Waals surface area contributed by atoms with Crippen LogP contribution in [0, 0.1) is 0 Å². The van der Waals surface area contributed by atoms with Gasteiger partial charge in [0, 0.05) is 17.8 Å². The monoisotopic (exact) mass is 493 g/mol. The van der Waals surface area contributed by atoms with Crippen molar-refractivity contribution < 1.29 is 22.7 Å². The second kappa shape index (κ2) is 10.6. The van der Waals surface area contributed by atoms with Crippen molar-refractivity contribution in [3.05, 3.63) is 90.0 Å². The number of sulfonamides is 1. The maximum absolute atomic E-state index is 13.4. The van der Waals surface area contributed by atoms with Gasteiger partial charge in [-0.05, 0) is 55.3 Å². The minimum atomic E-state index is -3.41. The lowest BCUT2D eigenvalue weighted by atomic mass is 10.1. The van der Waals surface area contributed by atoms with Crippen LogP contribution in [0.15, 0.2) is 78.9 Å². The van der Waals surface area contributed by atoms with E-state index >= 15 is 0 Å². The number of nitrogens with zero attached hydrogens (tertiary/aromatic N) is 1. The van der Waals surface area contributed by atoms with E-state index in [1.54, 1.807) is 55.5 Å². The molecule has 2 N–H and O–H groups in total. The fourth-order valence-electron chi connectivity index (χ4n) is 3.74. The van der Waals surface area contributed by atoms with Crippen LogP contribution in [0.1, 0.15) is 22.8 Å². The first-order valence-corrected chi connectivity index (χ1v) is 13.0. The van der Waals surface area contributed by atoms with Gasteiger partial charge in [-0.15, -0.1) is 0 Å². The van der Waals surface area contributed by atoms with E-state index in [1.165, 1.54) is 4.90 Å². The Bertz CT molecular complexity index is 1290. The van der Waals surface area contributed by atoms with Crippen LogP contribution in [0.5, 0.6) is 5.75 Å². The molecule has 4 rings (SSSR count). The number of ether oxygens (including phenoxy) is 1. The molecule has 9 heteroatoms. The van der Waals surface area contributed by atoms with Crippen molar-refractivity contribution in [2.45, 2.75) is 19.4 Å². The summed E-state index contributed by atoms with van der Waals surface area (Å²) in [6, 6.07) is 23.1. The highest BCUT2D eigenvalue weighted by atomic mass is 32.2. The maximum Gasteiger partial charge on any atom is 0.262 e. The number of para-hydroxylation sites is 2. The summed E-state index contributed by atoms with van der Waals surface area (Å²) in [5, 5.41) is 2.90. The van der Waals surface area contributed by atoms with E-state index in [0.29, 0.717) is 35.7 Å². The molecule has 0 fully saturated rings. The second-order valence-corrected chi connectivity index (χ2v) is 10.1. The van der Waals surface area contributed by atoms with E-state index in [0.717, 1.165) is 5.56 Å². The molecule has 0 aliphatic carbocycles. The summed E-state index contributed by atoms with van der Waals surface area (Å²) >= 11 is 0. The Labute approximate surface area is 205 Å². The summed E-state index contributed by atoms with van der Waals surface area (Å²) in [4.78, 5) is 27.8. The molecule has 1 aliphatic heterocycles. The Hall–Kier alpha value is -3.85. The molecule has 1 unspecified atom stereocenters. The van der Waals surface area contributed by atoms with Crippen molar-refractivity contribution in [2.75, 3.05) is 28.5 Å². The van der Waals surface area contributed by atoms with Gasteiger partial charge >= 0.3 is 0 Å². The molecular formula is C26H27N3O5S. The first-order valence-electron chi connectivity index (χ1n) is 11.4. The lowest BCUT2D eigenvalue weighted by molar-refractivity contribution is -0.127. The highest BCUT2D eigenvalue weighted by Crippen LogP contribution is 2.34. The normalized spacial score (nSPS) is 15.0. The fraction of sp³-hybridized carbons (Fsp3) is 0.231. The van der Waals surface area contributed by atoms with Gasteiger partial charge in [0.25, 0.3) is 11.8 Å². The van der Waals surface area contributed by atoms with Crippen LogP contribution >= 0.6 is 0 Å². The maximum atomic E-state index is 13.4. The molecule has 0 saturated heterocycles. The van der Waals surface area contributed by atoms with Crippen molar-refractivity contribution in [3.8, 4) is 5.75 Å². The van der Waals surface area contributed by atoms with Crippen LogP contribution in [0.25, 0.3) is 0 Å². The number of amides is 2. The van der Waals surface area contributed by atoms with Gasteiger partial charge < -0.3 is 15.0 Å². The van der Waals surface area contributed by atoms with E-state index in [2.05, 4.69) is 10.0 Å². The Morgan fingerprint density at radius 3 is 2.37 bits per heavy atom. The molecule has 3 aromatic carbocycles. The van der Waals surface area contributed by atoms with E-state index in [9.17, 15) is 18.0 Å². The van der Waals surface area contributed by atoms with Crippen LogP contribution in [-0.4, -0.2) is 45.2 Å². The highest BCUT2D eigenvalue weighted by molar-refractivity contribution is 7.92.